The van der Waals surface area contributed by atoms with E-state index in [4.69, 9.17) is 16.3 Å². The third-order valence-corrected chi connectivity index (χ3v) is 7.04. The van der Waals surface area contributed by atoms with Crippen molar-refractivity contribution in [2.45, 2.75) is 12.8 Å². The molecule has 2 saturated heterocycles. The lowest BCUT2D eigenvalue weighted by atomic mass is 10.0. The van der Waals surface area contributed by atoms with Crippen LogP contribution in [0.4, 0.5) is 5.82 Å². The topological polar surface area (TPSA) is 66.0 Å². The highest BCUT2D eigenvalue weighted by molar-refractivity contribution is 7.86. The van der Waals surface area contributed by atoms with E-state index in [2.05, 4.69) is 9.88 Å². The van der Waals surface area contributed by atoms with Gasteiger partial charge in [-0.1, -0.05) is 11.6 Å². The van der Waals surface area contributed by atoms with Crippen molar-refractivity contribution in [3.63, 3.8) is 0 Å². The molecule has 2 aliphatic rings. The molecule has 140 valence electrons. The second kappa shape index (κ2) is 8.18. The molecule has 0 amide bonds. The lowest BCUT2D eigenvalue weighted by molar-refractivity contribution is 0.116. The van der Waals surface area contributed by atoms with Crippen LogP contribution in [0.15, 0.2) is 18.3 Å². The zero-order valence-corrected chi connectivity index (χ0v) is 16.0. The van der Waals surface area contributed by atoms with Gasteiger partial charge in [-0.3, -0.25) is 0 Å². The molecular formula is C16H25ClN4O3S. The Hall–Kier alpha value is -0.930. The molecule has 0 spiro atoms. The molecule has 2 fully saturated rings. The van der Waals surface area contributed by atoms with Crippen LogP contribution in [0, 0.1) is 5.92 Å². The maximum Gasteiger partial charge on any atom is 0.282 e. The molecule has 1 aromatic rings. The fraction of sp³-hybridized carbons (Fsp3) is 0.688. The molecule has 0 radical (unpaired) electrons. The van der Waals surface area contributed by atoms with Gasteiger partial charge in [-0.15, -0.1) is 0 Å². The Morgan fingerprint density at radius 2 is 1.96 bits per heavy atom. The van der Waals surface area contributed by atoms with Crippen molar-refractivity contribution >= 4 is 27.6 Å². The Balaban J connectivity index is 1.60. The largest absolute Gasteiger partial charge is 0.384 e. The summed E-state index contributed by atoms with van der Waals surface area (Å²) in [5.41, 5.74) is 0. The summed E-state index contributed by atoms with van der Waals surface area (Å²) in [5.74, 6) is 1.12. The van der Waals surface area contributed by atoms with Gasteiger partial charge < -0.3 is 9.64 Å². The van der Waals surface area contributed by atoms with E-state index in [0.29, 0.717) is 50.9 Å². The van der Waals surface area contributed by atoms with Crippen molar-refractivity contribution in [2.75, 3.05) is 57.9 Å². The standard InChI is InChI=1S/C16H25ClN4O3S/c1-24-13-14-3-2-6-21(12-14)25(22,23)20-9-7-19(8-10-20)16-5-4-15(17)11-18-16/h4-5,11,14H,2-3,6-10,12-13H2,1H3. The second-order valence-corrected chi connectivity index (χ2v) is 8.91. The van der Waals surface area contributed by atoms with Crippen LogP contribution in [0.5, 0.6) is 0 Å². The maximum atomic E-state index is 12.9. The predicted molar refractivity (Wildman–Crippen MR) is 98.1 cm³/mol. The van der Waals surface area contributed by atoms with E-state index in [1.165, 1.54) is 0 Å². The molecule has 0 saturated carbocycles. The van der Waals surface area contributed by atoms with Crippen LogP contribution in [0.2, 0.25) is 5.02 Å². The number of nitrogens with zero attached hydrogens (tertiary/aromatic N) is 4. The Kier molecular flexibility index (Phi) is 6.17. The molecule has 3 heterocycles. The molecule has 0 N–H and O–H groups in total. The van der Waals surface area contributed by atoms with Gasteiger partial charge in [-0.25, -0.2) is 4.98 Å². The Bertz CT molecular complexity index is 660. The van der Waals surface area contributed by atoms with E-state index in [0.717, 1.165) is 18.7 Å². The Morgan fingerprint density at radius 1 is 1.20 bits per heavy atom. The molecule has 3 rings (SSSR count). The van der Waals surface area contributed by atoms with Crippen molar-refractivity contribution in [3.05, 3.63) is 23.4 Å². The van der Waals surface area contributed by atoms with Gasteiger partial charge in [-0.05, 0) is 30.9 Å². The maximum absolute atomic E-state index is 12.9. The molecule has 0 aliphatic carbocycles. The van der Waals surface area contributed by atoms with Crippen molar-refractivity contribution in [1.29, 1.82) is 0 Å². The van der Waals surface area contributed by atoms with Crippen molar-refractivity contribution in [3.8, 4) is 0 Å². The summed E-state index contributed by atoms with van der Waals surface area (Å²) < 4.78 is 34.3. The van der Waals surface area contributed by atoms with Gasteiger partial charge in [0.2, 0.25) is 0 Å². The minimum absolute atomic E-state index is 0.285. The van der Waals surface area contributed by atoms with Gasteiger partial charge >= 0.3 is 0 Å². The molecule has 1 atom stereocenters. The zero-order chi connectivity index (χ0) is 17.9. The molecule has 2 aliphatic heterocycles. The number of anilines is 1. The summed E-state index contributed by atoms with van der Waals surface area (Å²) in [6.45, 7) is 3.96. The quantitative estimate of drug-likeness (QED) is 0.764. The predicted octanol–water partition coefficient (Wildman–Crippen LogP) is 1.46. The van der Waals surface area contributed by atoms with Crippen LogP contribution < -0.4 is 4.90 Å². The zero-order valence-electron chi connectivity index (χ0n) is 14.5. The normalized spacial score (nSPS) is 23.8. The van der Waals surface area contributed by atoms with Gasteiger partial charge in [0, 0.05) is 52.6 Å². The highest BCUT2D eigenvalue weighted by Crippen LogP contribution is 2.23. The molecule has 25 heavy (non-hydrogen) atoms. The lowest BCUT2D eigenvalue weighted by Crippen LogP contribution is -2.55. The second-order valence-electron chi connectivity index (χ2n) is 6.55. The molecular weight excluding hydrogens is 364 g/mol. The first-order valence-corrected chi connectivity index (χ1v) is 10.4. The van der Waals surface area contributed by atoms with Crippen molar-refractivity contribution in [1.82, 2.24) is 13.6 Å². The van der Waals surface area contributed by atoms with E-state index in [1.807, 2.05) is 6.07 Å². The third kappa shape index (κ3) is 4.43. The van der Waals surface area contributed by atoms with Crippen LogP contribution in [-0.4, -0.2) is 75.0 Å². The monoisotopic (exact) mass is 388 g/mol. The fourth-order valence-electron chi connectivity index (χ4n) is 3.47. The van der Waals surface area contributed by atoms with Gasteiger partial charge in [0.1, 0.15) is 5.82 Å². The average Bonchev–Trinajstić information content (AvgIpc) is 2.63. The van der Waals surface area contributed by atoms with Crippen LogP contribution >= 0.6 is 11.6 Å². The van der Waals surface area contributed by atoms with Gasteiger partial charge in [0.05, 0.1) is 11.6 Å². The van der Waals surface area contributed by atoms with Crippen LogP contribution in [0.3, 0.4) is 0 Å². The number of pyridine rings is 1. The summed E-state index contributed by atoms with van der Waals surface area (Å²) >= 11 is 5.87. The molecule has 1 unspecified atom stereocenters. The lowest BCUT2D eigenvalue weighted by Gasteiger charge is -2.39. The first-order chi connectivity index (χ1) is 12.0. The van der Waals surface area contributed by atoms with Crippen LogP contribution in [0.1, 0.15) is 12.8 Å². The number of rotatable bonds is 5. The first kappa shape index (κ1) is 18.8. The summed E-state index contributed by atoms with van der Waals surface area (Å²) in [4.78, 5) is 6.40. The van der Waals surface area contributed by atoms with E-state index < -0.39 is 10.2 Å². The van der Waals surface area contributed by atoms with E-state index in [-0.39, 0.29) is 5.92 Å². The molecule has 0 aromatic carbocycles. The number of piperazine rings is 1. The molecule has 0 bridgehead atoms. The van der Waals surface area contributed by atoms with Gasteiger partial charge in [0.25, 0.3) is 10.2 Å². The smallest absolute Gasteiger partial charge is 0.282 e. The van der Waals surface area contributed by atoms with Gasteiger partial charge in [0.15, 0.2) is 0 Å². The number of halogens is 1. The number of hydrogen-bond donors (Lipinski definition) is 0. The highest BCUT2D eigenvalue weighted by Gasteiger charge is 2.35. The SMILES string of the molecule is COCC1CCCN(S(=O)(=O)N2CCN(c3ccc(Cl)cn3)CC2)C1. The number of ether oxygens (including phenoxy) is 1. The van der Waals surface area contributed by atoms with Crippen LogP contribution in [-0.2, 0) is 14.9 Å². The minimum Gasteiger partial charge on any atom is -0.384 e. The summed E-state index contributed by atoms with van der Waals surface area (Å²) in [6.07, 6.45) is 3.53. The number of methoxy groups -OCH3 is 1. The van der Waals surface area contributed by atoms with E-state index in [1.54, 1.807) is 28.0 Å². The summed E-state index contributed by atoms with van der Waals surface area (Å²) in [7, 11) is -1.74. The van der Waals surface area contributed by atoms with Crippen LogP contribution in [0.25, 0.3) is 0 Å². The van der Waals surface area contributed by atoms with E-state index >= 15 is 0 Å². The molecule has 1 aromatic heterocycles. The van der Waals surface area contributed by atoms with Crippen molar-refractivity contribution in [2.24, 2.45) is 5.92 Å². The number of aromatic nitrogens is 1. The first-order valence-electron chi connectivity index (χ1n) is 8.61. The third-order valence-electron chi connectivity index (χ3n) is 4.81. The average molecular weight is 389 g/mol. The molecule has 7 nitrogen and oxygen atoms in total. The van der Waals surface area contributed by atoms with Crippen molar-refractivity contribution < 1.29 is 13.2 Å². The number of piperidine rings is 1. The fourth-order valence-corrected chi connectivity index (χ4v) is 5.30. The Labute approximate surface area is 154 Å². The summed E-state index contributed by atoms with van der Waals surface area (Å²) in [5, 5.41) is 0.598. The Morgan fingerprint density at radius 3 is 2.60 bits per heavy atom. The number of hydrogen-bond acceptors (Lipinski definition) is 5. The minimum atomic E-state index is -3.41. The van der Waals surface area contributed by atoms with Gasteiger partial charge in [-0.2, -0.15) is 17.0 Å². The molecule has 9 heteroatoms. The summed E-state index contributed by atoms with van der Waals surface area (Å²) in [6, 6.07) is 3.67. The van der Waals surface area contributed by atoms with E-state index in [9.17, 15) is 8.42 Å². The highest BCUT2D eigenvalue weighted by atomic mass is 35.5.